The van der Waals surface area contributed by atoms with Gasteiger partial charge >= 0.3 is 5.97 Å². The van der Waals surface area contributed by atoms with Gasteiger partial charge in [0.2, 0.25) is 0 Å². The molecule has 1 N–H and O–H groups in total. The number of nitrogens with one attached hydrogen (secondary N) is 1. The van der Waals surface area contributed by atoms with E-state index in [1.54, 1.807) is 6.92 Å². The van der Waals surface area contributed by atoms with Gasteiger partial charge in [0.1, 0.15) is 0 Å². The van der Waals surface area contributed by atoms with Crippen LogP contribution >= 0.6 is 0 Å². The van der Waals surface area contributed by atoms with Crippen LogP contribution < -0.4 is 5.32 Å². The molecule has 1 aliphatic rings. The van der Waals surface area contributed by atoms with Gasteiger partial charge in [-0.3, -0.25) is 19.7 Å². The Bertz CT molecular complexity index is 229. The van der Waals surface area contributed by atoms with Crippen molar-refractivity contribution in [2.75, 3.05) is 6.61 Å². The van der Waals surface area contributed by atoms with Crippen LogP contribution in [-0.2, 0) is 19.1 Å². The van der Waals surface area contributed by atoms with Crippen LogP contribution in [0.2, 0.25) is 0 Å². The summed E-state index contributed by atoms with van der Waals surface area (Å²) < 4.78 is 4.40. The third-order valence-electron chi connectivity index (χ3n) is 0.980. The van der Waals surface area contributed by atoms with Crippen LogP contribution in [0.4, 0.5) is 0 Å². The summed E-state index contributed by atoms with van der Waals surface area (Å²) in [5.41, 5.74) is 0. The molecule has 0 saturated heterocycles. The Morgan fingerprint density at radius 3 is 1.92 bits per heavy atom. The molecule has 0 bridgehead atoms. The van der Waals surface area contributed by atoms with Crippen LogP contribution in [0.15, 0.2) is 12.2 Å². The predicted octanol–water partition coefficient (Wildman–Crippen LogP) is -0.232. The number of hydrogen-bond acceptors (Lipinski definition) is 4. The smallest absolute Gasteiger partial charge is 0.302 e. The van der Waals surface area contributed by atoms with Gasteiger partial charge in [0.25, 0.3) is 11.8 Å². The van der Waals surface area contributed by atoms with Gasteiger partial charge in [-0.05, 0) is 6.92 Å². The maximum Gasteiger partial charge on any atom is 0.302 e. The minimum Gasteiger partial charge on any atom is -0.466 e. The van der Waals surface area contributed by atoms with Crippen molar-refractivity contribution in [3.05, 3.63) is 12.2 Å². The lowest BCUT2D eigenvalue weighted by molar-refractivity contribution is -0.140. The Hall–Kier alpha value is -1.65. The fraction of sp³-hybridized carbons (Fsp3) is 0.375. The zero-order valence-electron chi connectivity index (χ0n) is 7.49. The highest BCUT2D eigenvalue weighted by Gasteiger charge is 2.06. The first-order valence-corrected chi connectivity index (χ1v) is 3.72. The molecule has 72 valence electrons. The molecule has 0 radical (unpaired) electrons. The fourth-order valence-corrected chi connectivity index (χ4v) is 0.559. The normalized spacial score (nSPS) is 13.1. The first kappa shape index (κ1) is 11.4. The van der Waals surface area contributed by atoms with Crippen LogP contribution in [-0.4, -0.2) is 24.4 Å². The second-order valence-corrected chi connectivity index (χ2v) is 2.11. The summed E-state index contributed by atoms with van der Waals surface area (Å²) in [5, 5.41) is 2.03. The zero-order valence-corrected chi connectivity index (χ0v) is 7.49. The molecule has 0 aromatic carbocycles. The summed E-state index contributed by atoms with van der Waals surface area (Å²) in [5.74, 6) is -0.868. The average Bonchev–Trinajstić information content (AvgIpc) is 2.35. The van der Waals surface area contributed by atoms with Crippen molar-refractivity contribution < 1.29 is 19.1 Å². The van der Waals surface area contributed by atoms with Crippen LogP contribution in [0, 0.1) is 0 Å². The molecule has 1 aliphatic heterocycles. The van der Waals surface area contributed by atoms with Gasteiger partial charge in [0.05, 0.1) is 6.61 Å². The van der Waals surface area contributed by atoms with E-state index in [4.69, 9.17) is 0 Å². The molecule has 5 nitrogen and oxygen atoms in total. The van der Waals surface area contributed by atoms with Gasteiger partial charge in [0.15, 0.2) is 0 Å². The highest BCUT2D eigenvalue weighted by atomic mass is 16.5. The number of amides is 2. The number of carbonyl (C=O) groups is 3. The summed E-state index contributed by atoms with van der Waals surface area (Å²) in [6, 6.07) is 0. The van der Waals surface area contributed by atoms with Crippen molar-refractivity contribution in [3.8, 4) is 0 Å². The summed E-state index contributed by atoms with van der Waals surface area (Å²) in [7, 11) is 0. The molecule has 1 heterocycles. The molecule has 5 heteroatoms. The lowest BCUT2D eigenvalue weighted by Crippen LogP contribution is -2.19. The molecule has 0 aliphatic carbocycles. The average molecular weight is 185 g/mol. The van der Waals surface area contributed by atoms with Gasteiger partial charge < -0.3 is 4.74 Å². The molecule has 2 amide bonds. The van der Waals surface area contributed by atoms with Crippen LogP contribution in [0.1, 0.15) is 13.8 Å². The molecule has 0 fully saturated rings. The Morgan fingerprint density at radius 2 is 1.85 bits per heavy atom. The van der Waals surface area contributed by atoms with Gasteiger partial charge in [-0.1, -0.05) is 0 Å². The first-order chi connectivity index (χ1) is 6.06. The fourth-order valence-electron chi connectivity index (χ4n) is 0.559. The van der Waals surface area contributed by atoms with E-state index in [0.29, 0.717) is 6.61 Å². The number of imide groups is 1. The monoisotopic (exact) mass is 185 g/mol. The largest absolute Gasteiger partial charge is 0.466 e. The lowest BCUT2D eigenvalue weighted by Gasteiger charge is -1.89. The maximum absolute atomic E-state index is 10.0. The predicted molar refractivity (Wildman–Crippen MR) is 44.6 cm³/mol. The van der Waals surface area contributed by atoms with Gasteiger partial charge in [-0.25, -0.2) is 0 Å². The number of esters is 1. The van der Waals surface area contributed by atoms with E-state index >= 15 is 0 Å². The Labute approximate surface area is 75.8 Å². The number of hydrogen-bond donors (Lipinski definition) is 1. The summed E-state index contributed by atoms with van der Waals surface area (Å²) >= 11 is 0. The molecular formula is C8H11NO4. The Kier molecular flexibility index (Phi) is 5.18. The quantitative estimate of drug-likeness (QED) is 0.452. The molecule has 0 saturated carbocycles. The maximum atomic E-state index is 10.0. The minimum atomic E-state index is -0.329. The van der Waals surface area contributed by atoms with Crippen LogP contribution in [0.3, 0.4) is 0 Å². The first-order valence-electron chi connectivity index (χ1n) is 3.72. The lowest BCUT2D eigenvalue weighted by atomic mass is 10.6. The van der Waals surface area contributed by atoms with E-state index in [-0.39, 0.29) is 17.8 Å². The van der Waals surface area contributed by atoms with Crippen molar-refractivity contribution in [3.63, 3.8) is 0 Å². The topological polar surface area (TPSA) is 72.5 Å². The highest BCUT2D eigenvalue weighted by Crippen LogP contribution is 1.82. The van der Waals surface area contributed by atoms with Crippen LogP contribution in [0.25, 0.3) is 0 Å². The number of carbonyl (C=O) groups excluding carboxylic acids is 3. The molecule has 0 spiro atoms. The third kappa shape index (κ3) is 6.74. The van der Waals surface area contributed by atoms with E-state index in [1.165, 1.54) is 19.1 Å². The number of ether oxygens (including phenoxy) is 1. The van der Waals surface area contributed by atoms with Crippen molar-refractivity contribution in [2.45, 2.75) is 13.8 Å². The molecule has 1 rings (SSSR count). The molecule has 0 unspecified atom stereocenters. The molecule has 0 aromatic heterocycles. The van der Waals surface area contributed by atoms with Crippen molar-refractivity contribution >= 4 is 17.8 Å². The van der Waals surface area contributed by atoms with Crippen molar-refractivity contribution in [2.24, 2.45) is 0 Å². The van der Waals surface area contributed by atoms with E-state index in [9.17, 15) is 14.4 Å². The van der Waals surface area contributed by atoms with Crippen molar-refractivity contribution in [1.82, 2.24) is 5.32 Å². The second-order valence-electron chi connectivity index (χ2n) is 2.11. The molecule has 0 atom stereocenters. The van der Waals surface area contributed by atoms with E-state index in [0.717, 1.165) is 0 Å². The summed E-state index contributed by atoms with van der Waals surface area (Å²) in [6.07, 6.45) is 2.39. The van der Waals surface area contributed by atoms with Crippen LogP contribution in [0.5, 0.6) is 0 Å². The van der Waals surface area contributed by atoms with E-state index < -0.39 is 0 Å². The summed E-state index contributed by atoms with van der Waals surface area (Å²) in [6.45, 7) is 3.65. The molecule has 0 aromatic rings. The standard InChI is InChI=1S/C4H3NO2.C4H8O2/c6-3-1-2-4(7)5-3;1-3-6-4(2)5/h1-2H,(H,5,6,7);3H2,1-2H3. The van der Waals surface area contributed by atoms with Gasteiger partial charge in [-0.2, -0.15) is 0 Å². The van der Waals surface area contributed by atoms with E-state index in [2.05, 4.69) is 4.74 Å². The minimum absolute atomic E-state index is 0.211. The third-order valence-corrected chi connectivity index (χ3v) is 0.980. The number of rotatable bonds is 1. The molecular weight excluding hydrogens is 174 g/mol. The van der Waals surface area contributed by atoms with Gasteiger partial charge in [0, 0.05) is 19.1 Å². The van der Waals surface area contributed by atoms with Gasteiger partial charge in [-0.15, -0.1) is 0 Å². The summed E-state index contributed by atoms with van der Waals surface area (Å²) in [4.78, 5) is 29.9. The Morgan fingerprint density at radius 1 is 1.38 bits per heavy atom. The molecule has 13 heavy (non-hydrogen) atoms. The highest BCUT2D eigenvalue weighted by molar-refractivity contribution is 6.12. The SMILES string of the molecule is CCOC(C)=O.O=C1C=CC(=O)N1. The Balaban J connectivity index is 0.000000226. The van der Waals surface area contributed by atoms with Crippen molar-refractivity contribution in [1.29, 1.82) is 0 Å². The second kappa shape index (κ2) is 5.93. The zero-order chi connectivity index (χ0) is 10.3. The van der Waals surface area contributed by atoms with E-state index in [1.807, 2.05) is 5.32 Å².